The van der Waals surface area contributed by atoms with Crippen LogP contribution in [0.15, 0.2) is 78.9 Å². The highest BCUT2D eigenvalue weighted by Crippen LogP contribution is 2.30. The summed E-state index contributed by atoms with van der Waals surface area (Å²) in [6.07, 6.45) is 0.572. The van der Waals surface area contributed by atoms with Gasteiger partial charge < -0.3 is 9.84 Å². The molecular formula is C23H20N2O3. The van der Waals surface area contributed by atoms with Gasteiger partial charge in [-0.25, -0.2) is 4.98 Å². The number of rotatable bonds is 7. The molecule has 0 bridgehead atoms. The molecule has 1 N–H and O–H groups in total. The lowest BCUT2D eigenvalue weighted by atomic mass is 10.2. The Bertz CT molecular complexity index is 1090. The number of hydrogen-bond donors (Lipinski definition) is 1. The summed E-state index contributed by atoms with van der Waals surface area (Å²) in [7, 11) is 0. The summed E-state index contributed by atoms with van der Waals surface area (Å²) in [6, 6.07) is 25.9. The fourth-order valence-corrected chi connectivity index (χ4v) is 3.18. The summed E-state index contributed by atoms with van der Waals surface area (Å²) in [5.41, 5.74) is 3.87. The lowest BCUT2D eigenvalue weighted by molar-refractivity contribution is -0.137. The van der Waals surface area contributed by atoms with E-state index in [4.69, 9.17) is 14.8 Å². The zero-order valence-corrected chi connectivity index (χ0v) is 15.3. The highest BCUT2D eigenvalue weighted by molar-refractivity contribution is 5.84. The van der Waals surface area contributed by atoms with Crippen molar-refractivity contribution in [1.82, 2.24) is 9.55 Å². The Morgan fingerprint density at radius 1 is 0.964 bits per heavy atom. The number of aromatic nitrogens is 2. The Balaban J connectivity index is 1.76. The number of carboxylic acid groups (broad SMARTS) is 1. The number of aliphatic carboxylic acids is 1. The van der Waals surface area contributed by atoms with Gasteiger partial charge in [0.05, 0.1) is 17.6 Å². The standard InChI is InChI=1S/C23H20N2O3/c26-22(27)12-7-15-28-19-13-14-20-21(16-19)25(18-10-5-2-6-11-18)23(24-20)17-8-3-1-4-9-17/h1-6,8-11,13-14,16H,7,12,15H2,(H,26,27). The number of ether oxygens (including phenoxy) is 1. The molecule has 0 saturated heterocycles. The minimum absolute atomic E-state index is 0.0996. The van der Waals surface area contributed by atoms with Crippen LogP contribution in [0.2, 0.25) is 0 Å². The van der Waals surface area contributed by atoms with Gasteiger partial charge in [-0.2, -0.15) is 0 Å². The second-order valence-electron chi connectivity index (χ2n) is 6.47. The third kappa shape index (κ3) is 3.74. The van der Waals surface area contributed by atoms with E-state index in [-0.39, 0.29) is 6.42 Å². The van der Waals surface area contributed by atoms with Crippen LogP contribution in [0.4, 0.5) is 0 Å². The molecular weight excluding hydrogens is 352 g/mol. The van der Waals surface area contributed by atoms with Gasteiger partial charge in [0.1, 0.15) is 11.6 Å². The maximum absolute atomic E-state index is 10.7. The van der Waals surface area contributed by atoms with Crippen molar-refractivity contribution in [3.63, 3.8) is 0 Å². The number of benzene rings is 3. The minimum atomic E-state index is -0.811. The zero-order chi connectivity index (χ0) is 19.3. The largest absolute Gasteiger partial charge is 0.494 e. The molecule has 4 rings (SSSR count). The van der Waals surface area contributed by atoms with Crippen LogP contribution in [0.5, 0.6) is 5.75 Å². The molecule has 140 valence electrons. The van der Waals surface area contributed by atoms with Crippen LogP contribution >= 0.6 is 0 Å². The van der Waals surface area contributed by atoms with Crippen LogP contribution in [0.3, 0.4) is 0 Å². The minimum Gasteiger partial charge on any atom is -0.494 e. The van der Waals surface area contributed by atoms with E-state index in [1.165, 1.54) is 0 Å². The maximum Gasteiger partial charge on any atom is 0.303 e. The molecule has 3 aromatic carbocycles. The number of imidazole rings is 1. The molecule has 28 heavy (non-hydrogen) atoms. The Labute approximate surface area is 162 Å². The first-order valence-electron chi connectivity index (χ1n) is 9.20. The van der Waals surface area contributed by atoms with E-state index in [2.05, 4.69) is 4.57 Å². The third-order valence-electron chi connectivity index (χ3n) is 4.48. The average molecular weight is 372 g/mol. The van der Waals surface area contributed by atoms with Crippen molar-refractivity contribution in [2.75, 3.05) is 6.61 Å². The Hall–Kier alpha value is -3.60. The summed E-state index contributed by atoms with van der Waals surface area (Å²) in [5.74, 6) is 0.758. The lowest BCUT2D eigenvalue weighted by Crippen LogP contribution is -2.02. The van der Waals surface area contributed by atoms with Crippen molar-refractivity contribution in [3.05, 3.63) is 78.9 Å². The van der Waals surface area contributed by atoms with E-state index in [1.807, 2.05) is 78.9 Å². The summed E-state index contributed by atoms with van der Waals surface area (Å²) >= 11 is 0. The van der Waals surface area contributed by atoms with Crippen molar-refractivity contribution in [3.8, 4) is 22.8 Å². The molecule has 1 aromatic heterocycles. The van der Waals surface area contributed by atoms with E-state index >= 15 is 0 Å². The van der Waals surface area contributed by atoms with Crippen LogP contribution in [0.1, 0.15) is 12.8 Å². The third-order valence-corrected chi connectivity index (χ3v) is 4.48. The fourth-order valence-electron chi connectivity index (χ4n) is 3.18. The van der Waals surface area contributed by atoms with Gasteiger partial charge in [-0.1, -0.05) is 48.5 Å². The van der Waals surface area contributed by atoms with E-state index in [1.54, 1.807) is 0 Å². The zero-order valence-electron chi connectivity index (χ0n) is 15.3. The van der Waals surface area contributed by atoms with Crippen LogP contribution < -0.4 is 4.74 Å². The second kappa shape index (κ2) is 7.96. The second-order valence-corrected chi connectivity index (χ2v) is 6.47. The molecule has 0 radical (unpaired) electrons. The van der Waals surface area contributed by atoms with Gasteiger partial charge in [0.25, 0.3) is 0 Å². The Morgan fingerprint density at radius 3 is 2.39 bits per heavy atom. The predicted octanol–water partition coefficient (Wildman–Crippen LogP) is 4.94. The molecule has 0 aliphatic heterocycles. The molecule has 4 aromatic rings. The highest BCUT2D eigenvalue weighted by atomic mass is 16.5. The van der Waals surface area contributed by atoms with Gasteiger partial charge >= 0.3 is 5.97 Å². The number of hydrogen-bond acceptors (Lipinski definition) is 3. The topological polar surface area (TPSA) is 64.3 Å². The normalized spacial score (nSPS) is 10.9. The summed E-state index contributed by atoms with van der Waals surface area (Å²) < 4.78 is 7.89. The highest BCUT2D eigenvalue weighted by Gasteiger charge is 2.15. The lowest BCUT2D eigenvalue weighted by Gasteiger charge is -2.10. The Morgan fingerprint density at radius 2 is 1.68 bits per heavy atom. The van der Waals surface area contributed by atoms with Crippen molar-refractivity contribution in [1.29, 1.82) is 0 Å². The molecule has 1 heterocycles. The molecule has 0 spiro atoms. The van der Waals surface area contributed by atoms with Gasteiger partial charge in [-0.3, -0.25) is 9.36 Å². The molecule has 5 heteroatoms. The van der Waals surface area contributed by atoms with E-state index in [0.717, 1.165) is 28.1 Å². The van der Waals surface area contributed by atoms with E-state index in [0.29, 0.717) is 18.8 Å². The van der Waals surface area contributed by atoms with Crippen LogP contribution in [-0.4, -0.2) is 27.2 Å². The number of fused-ring (bicyclic) bond motifs is 1. The fraction of sp³-hybridized carbons (Fsp3) is 0.130. The van der Waals surface area contributed by atoms with Crippen molar-refractivity contribution in [2.24, 2.45) is 0 Å². The van der Waals surface area contributed by atoms with Crippen LogP contribution in [-0.2, 0) is 4.79 Å². The number of para-hydroxylation sites is 1. The first-order chi connectivity index (χ1) is 13.7. The van der Waals surface area contributed by atoms with Crippen LogP contribution in [0.25, 0.3) is 28.1 Å². The molecule has 0 fully saturated rings. The van der Waals surface area contributed by atoms with Crippen molar-refractivity contribution >= 4 is 17.0 Å². The first kappa shape index (κ1) is 17.8. The smallest absolute Gasteiger partial charge is 0.303 e. The van der Waals surface area contributed by atoms with Crippen LogP contribution in [0, 0.1) is 0 Å². The van der Waals surface area contributed by atoms with Gasteiger partial charge in [0.2, 0.25) is 0 Å². The van der Waals surface area contributed by atoms with E-state index < -0.39 is 5.97 Å². The summed E-state index contributed by atoms with van der Waals surface area (Å²) in [4.78, 5) is 15.5. The predicted molar refractivity (Wildman–Crippen MR) is 109 cm³/mol. The molecule has 0 atom stereocenters. The molecule has 0 aliphatic carbocycles. The van der Waals surface area contributed by atoms with Crippen molar-refractivity contribution < 1.29 is 14.6 Å². The van der Waals surface area contributed by atoms with Gasteiger partial charge in [0, 0.05) is 23.7 Å². The van der Waals surface area contributed by atoms with Crippen molar-refractivity contribution in [2.45, 2.75) is 12.8 Å². The van der Waals surface area contributed by atoms with Gasteiger partial charge in [-0.05, 0) is 30.7 Å². The summed E-state index contributed by atoms with van der Waals surface area (Å²) in [5, 5.41) is 8.76. The number of carbonyl (C=O) groups is 1. The average Bonchev–Trinajstić information content (AvgIpc) is 3.11. The Kier molecular flexibility index (Phi) is 5.06. The van der Waals surface area contributed by atoms with E-state index in [9.17, 15) is 4.79 Å². The SMILES string of the molecule is O=C(O)CCCOc1ccc2nc(-c3ccccc3)n(-c3ccccc3)c2c1. The number of nitrogens with zero attached hydrogens (tertiary/aromatic N) is 2. The number of carboxylic acids is 1. The summed E-state index contributed by atoms with van der Waals surface area (Å²) in [6.45, 7) is 0.364. The van der Waals surface area contributed by atoms with Gasteiger partial charge in [0.15, 0.2) is 0 Å². The van der Waals surface area contributed by atoms with Gasteiger partial charge in [-0.15, -0.1) is 0 Å². The molecule has 5 nitrogen and oxygen atoms in total. The molecule has 0 aliphatic rings. The molecule has 0 saturated carbocycles. The monoisotopic (exact) mass is 372 g/mol. The first-order valence-corrected chi connectivity index (χ1v) is 9.20. The maximum atomic E-state index is 10.7. The molecule has 0 unspecified atom stereocenters. The molecule has 0 amide bonds. The quantitative estimate of drug-likeness (QED) is 0.467.